The number of nitro groups is 1. The van der Waals surface area contributed by atoms with E-state index in [0.29, 0.717) is 6.08 Å². The third-order valence-corrected chi connectivity index (χ3v) is 1.87. The van der Waals surface area contributed by atoms with E-state index in [2.05, 4.69) is 0 Å². The molecule has 2 unspecified atom stereocenters. The Bertz CT molecular complexity index is 315. The van der Waals surface area contributed by atoms with Crippen LogP contribution < -0.4 is 0 Å². The molecule has 0 amide bonds. The highest BCUT2D eigenvalue weighted by Crippen LogP contribution is 2.31. The first-order valence-electron chi connectivity index (χ1n) is 3.28. The molecule has 0 bridgehead atoms. The Morgan fingerprint density at radius 1 is 1.77 bits per heavy atom. The summed E-state index contributed by atoms with van der Waals surface area (Å²) in [6.45, 7) is 0. The van der Waals surface area contributed by atoms with Gasteiger partial charge >= 0.3 is 5.79 Å². The molecule has 0 heterocycles. The Kier molecular flexibility index (Phi) is 2.47. The largest absolute Gasteiger partial charge is 0.393 e. The molecule has 0 saturated carbocycles. The molecule has 2 atom stereocenters. The van der Waals surface area contributed by atoms with Gasteiger partial charge in [0.25, 0.3) is 0 Å². The van der Waals surface area contributed by atoms with Crippen LogP contribution in [-0.4, -0.2) is 17.0 Å². The molecule has 0 spiro atoms. The van der Waals surface area contributed by atoms with E-state index < -0.39 is 16.6 Å². The van der Waals surface area contributed by atoms with Crippen molar-refractivity contribution in [2.75, 3.05) is 0 Å². The first kappa shape index (κ1) is 9.85. The first-order chi connectivity index (χ1) is 6.00. The van der Waals surface area contributed by atoms with Gasteiger partial charge < -0.3 is 0 Å². The second-order valence-corrected chi connectivity index (χ2v) is 2.91. The van der Waals surface area contributed by atoms with Gasteiger partial charge in [-0.1, -0.05) is 17.7 Å². The predicted molar refractivity (Wildman–Crippen MR) is 43.1 cm³/mol. The molecule has 6 heteroatoms. The van der Waals surface area contributed by atoms with Crippen molar-refractivity contribution in [2.45, 2.75) is 5.79 Å². The summed E-state index contributed by atoms with van der Waals surface area (Å²) in [5.74, 6) is -4.50. The van der Waals surface area contributed by atoms with Gasteiger partial charge in [0.05, 0.1) is 4.92 Å². The third kappa shape index (κ3) is 1.60. The number of alkyl halides is 1. The van der Waals surface area contributed by atoms with Crippen molar-refractivity contribution >= 4 is 17.9 Å². The van der Waals surface area contributed by atoms with Crippen molar-refractivity contribution < 1.29 is 14.1 Å². The number of allylic oxidation sites excluding steroid dienone is 2. The molecule has 69 valence electrons. The molecule has 0 N–H and O–H groups in total. The minimum atomic E-state index is -2.96. The fraction of sp³-hybridized carbons (Fsp3) is 0.286. The molecule has 0 aliphatic heterocycles. The minimum absolute atomic E-state index is 0.106. The van der Waals surface area contributed by atoms with Gasteiger partial charge in [-0.15, -0.1) is 0 Å². The number of hydrogen-bond donors (Lipinski definition) is 0. The van der Waals surface area contributed by atoms with Gasteiger partial charge in [-0.3, -0.25) is 14.9 Å². The zero-order chi connectivity index (χ0) is 10.1. The number of carbonyl (C=O) groups excluding carboxylic acids is 1. The quantitative estimate of drug-likeness (QED) is 0.388. The van der Waals surface area contributed by atoms with E-state index in [1.165, 1.54) is 12.4 Å². The molecular formula is C7H4ClFNO3. The van der Waals surface area contributed by atoms with Gasteiger partial charge in [-0.25, -0.2) is 0 Å². The van der Waals surface area contributed by atoms with Crippen molar-refractivity contribution in [1.82, 2.24) is 0 Å². The van der Waals surface area contributed by atoms with Crippen molar-refractivity contribution in [2.24, 2.45) is 5.92 Å². The summed E-state index contributed by atoms with van der Waals surface area (Å²) in [7, 11) is 0. The average Bonchev–Trinajstić information content (AvgIpc) is 2.04. The number of halogens is 2. The standard InChI is InChI=1S/C7H4ClFNO3/c8-6-2-1-5(4-11)7(9,3-6)10(12)13/h1-3,5H. The highest BCUT2D eigenvalue weighted by Gasteiger charge is 2.50. The summed E-state index contributed by atoms with van der Waals surface area (Å²) >= 11 is 5.37. The van der Waals surface area contributed by atoms with Gasteiger partial charge in [-0.05, 0) is 6.08 Å². The smallest absolute Gasteiger partial charge is 0.290 e. The van der Waals surface area contributed by atoms with E-state index in [1.54, 1.807) is 0 Å². The fourth-order valence-corrected chi connectivity index (χ4v) is 1.17. The van der Waals surface area contributed by atoms with E-state index in [9.17, 15) is 19.3 Å². The van der Waals surface area contributed by atoms with Crippen LogP contribution in [0.5, 0.6) is 0 Å². The van der Waals surface area contributed by atoms with E-state index in [-0.39, 0.29) is 5.03 Å². The molecule has 0 aromatic heterocycles. The lowest BCUT2D eigenvalue weighted by Crippen LogP contribution is -2.40. The van der Waals surface area contributed by atoms with Gasteiger partial charge in [0.15, 0.2) is 5.92 Å². The molecule has 0 aromatic rings. The Hall–Kier alpha value is -1.23. The van der Waals surface area contributed by atoms with Gasteiger partial charge in [0, 0.05) is 11.1 Å². The minimum Gasteiger partial charge on any atom is -0.290 e. The van der Waals surface area contributed by atoms with Crippen molar-refractivity contribution in [3.05, 3.63) is 33.4 Å². The Labute approximate surface area is 77.8 Å². The Morgan fingerprint density at radius 3 is 2.85 bits per heavy atom. The summed E-state index contributed by atoms with van der Waals surface area (Å²) in [5, 5.41) is 10.2. The number of hydrogen-bond acceptors (Lipinski definition) is 3. The molecule has 0 fully saturated rings. The van der Waals surface area contributed by atoms with Crippen LogP contribution in [0.2, 0.25) is 0 Å². The van der Waals surface area contributed by atoms with E-state index in [4.69, 9.17) is 11.6 Å². The highest BCUT2D eigenvalue weighted by molar-refractivity contribution is 6.31. The predicted octanol–water partition coefficient (Wildman–Crippen LogP) is 1.35. The topological polar surface area (TPSA) is 60.2 Å². The van der Waals surface area contributed by atoms with Crippen LogP contribution in [0.25, 0.3) is 0 Å². The van der Waals surface area contributed by atoms with Crippen LogP contribution in [0.1, 0.15) is 0 Å². The average molecular weight is 205 g/mol. The van der Waals surface area contributed by atoms with Crippen LogP contribution in [0.4, 0.5) is 4.39 Å². The Balaban J connectivity index is 3.12. The zero-order valence-electron chi connectivity index (χ0n) is 6.24. The van der Waals surface area contributed by atoms with Crippen LogP contribution in [0, 0.1) is 16.0 Å². The lowest BCUT2D eigenvalue weighted by Gasteiger charge is -2.18. The van der Waals surface area contributed by atoms with E-state index in [0.717, 1.165) is 6.08 Å². The van der Waals surface area contributed by atoms with Crippen LogP contribution in [0.3, 0.4) is 0 Å². The van der Waals surface area contributed by atoms with Crippen LogP contribution in [-0.2, 0) is 4.79 Å². The molecular weight excluding hydrogens is 201 g/mol. The van der Waals surface area contributed by atoms with Gasteiger partial charge in [0.1, 0.15) is 0 Å². The van der Waals surface area contributed by atoms with E-state index >= 15 is 0 Å². The maximum Gasteiger partial charge on any atom is 0.393 e. The fourth-order valence-electron chi connectivity index (χ4n) is 0.943. The summed E-state index contributed by atoms with van der Waals surface area (Å²) < 4.78 is 13.4. The van der Waals surface area contributed by atoms with Crippen molar-refractivity contribution in [3.63, 3.8) is 0 Å². The first-order valence-corrected chi connectivity index (χ1v) is 3.66. The van der Waals surface area contributed by atoms with Gasteiger partial charge in [-0.2, -0.15) is 4.39 Å². The Morgan fingerprint density at radius 2 is 2.38 bits per heavy atom. The van der Waals surface area contributed by atoms with E-state index in [1.807, 2.05) is 0 Å². The maximum atomic E-state index is 13.4. The van der Waals surface area contributed by atoms with Crippen molar-refractivity contribution in [1.29, 1.82) is 0 Å². The summed E-state index contributed by atoms with van der Waals surface area (Å²) in [6, 6.07) is 0. The van der Waals surface area contributed by atoms with Crippen molar-refractivity contribution in [3.8, 4) is 0 Å². The SMILES string of the molecule is O=[C]C1C=CC(Cl)=CC1(F)[N+](=O)[O-]. The van der Waals surface area contributed by atoms with Crippen LogP contribution >= 0.6 is 11.6 Å². The molecule has 13 heavy (non-hydrogen) atoms. The zero-order valence-corrected chi connectivity index (χ0v) is 6.99. The third-order valence-electron chi connectivity index (χ3n) is 1.63. The lowest BCUT2D eigenvalue weighted by atomic mass is 9.94. The molecule has 1 aliphatic rings. The summed E-state index contributed by atoms with van der Waals surface area (Å²) in [6.07, 6.45) is 4.06. The monoisotopic (exact) mass is 204 g/mol. The normalized spacial score (nSPS) is 32.5. The second-order valence-electron chi connectivity index (χ2n) is 2.47. The molecule has 4 nitrogen and oxygen atoms in total. The number of rotatable bonds is 2. The highest BCUT2D eigenvalue weighted by atomic mass is 35.5. The summed E-state index contributed by atoms with van der Waals surface area (Å²) in [5.41, 5.74) is 0. The summed E-state index contributed by atoms with van der Waals surface area (Å²) in [4.78, 5) is 19.3. The molecule has 0 saturated heterocycles. The second kappa shape index (κ2) is 3.26. The molecule has 0 aromatic carbocycles. The van der Waals surface area contributed by atoms with Crippen LogP contribution in [0.15, 0.2) is 23.3 Å². The van der Waals surface area contributed by atoms with Gasteiger partial charge in [0.2, 0.25) is 6.29 Å². The molecule has 1 aliphatic carbocycles. The molecule has 1 rings (SSSR count). The molecule has 1 radical (unpaired) electrons. The maximum absolute atomic E-state index is 13.4. The number of nitrogens with zero attached hydrogens (tertiary/aromatic N) is 1. The lowest BCUT2D eigenvalue weighted by molar-refractivity contribution is -0.594.